The Morgan fingerprint density at radius 1 is 1.31 bits per heavy atom. The van der Waals surface area contributed by atoms with Gasteiger partial charge in [0.1, 0.15) is 17.2 Å². The Bertz CT molecular complexity index is 789. The summed E-state index contributed by atoms with van der Waals surface area (Å²) < 4.78 is 33.2. The van der Waals surface area contributed by atoms with Gasteiger partial charge in [0.15, 0.2) is 0 Å². The number of amides is 1. The van der Waals surface area contributed by atoms with Gasteiger partial charge >= 0.3 is 6.09 Å². The van der Waals surface area contributed by atoms with Crippen molar-refractivity contribution in [3.8, 4) is 0 Å². The van der Waals surface area contributed by atoms with Gasteiger partial charge < -0.3 is 4.74 Å². The first-order valence-electron chi connectivity index (χ1n) is 8.16. The van der Waals surface area contributed by atoms with Crippen molar-refractivity contribution < 1.29 is 18.3 Å². The molecule has 7 nitrogen and oxygen atoms in total. The zero-order valence-electron chi connectivity index (χ0n) is 15.1. The summed E-state index contributed by atoms with van der Waals surface area (Å²) in [7, 11) is 0. The molecule has 3 heterocycles. The lowest BCUT2D eigenvalue weighted by atomic mass is 10.2. The number of rotatable bonds is 4. The fraction of sp³-hybridized carbons (Fsp3) is 0.562. The summed E-state index contributed by atoms with van der Waals surface area (Å²) in [5.74, 6) is 0. The molecule has 2 aromatic heterocycles. The molecule has 0 spiro atoms. The third-order valence-corrected chi connectivity index (χ3v) is 4.56. The van der Waals surface area contributed by atoms with Gasteiger partial charge in [-0.2, -0.15) is 10.2 Å². The first-order valence-corrected chi connectivity index (χ1v) is 8.94. The summed E-state index contributed by atoms with van der Waals surface area (Å²) in [6, 6.07) is 0. The van der Waals surface area contributed by atoms with E-state index in [1.807, 2.05) is 33.9 Å². The summed E-state index contributed by atoms with van der Waals surface area (Å²) in [6.45, 7) is 7.69. The lowest BCUT2D eigenvalue weighted by Crippen LogP contribution is -2.33. The number of ether oxygens (including phenoxy) is 1. The SMILES string of the molecule is Cc1cn(CC(F)F)nc1Sn1cc2c(n1)CN(C(=O)OC(C)(C)C)C2. The fourth-order valence-electron chi connectivity index (χ4n) is 2.55. The van der Waals surface area contributed by atoms with Crippen LogP contribution in [0.4, 0.5) is 13.6 Å². The van der Waals surface area contributed by atoms with Crippen LogP contribution in [0.25, 0.3) is 0 Å². The molecular formula is C16H21F2N5O2S. The van der Waals surface area contributed by atoms with Crippen molar-refractivity contribution in [3.05, 3.63) is 29.2 Å². The Morgan fingerprint density at radius 3 is 2.65 bits per heavy atom. The highest BCUT2D eigenvalue weighted by Crippen LogP contribution is 2.28. The van der Waals surface area contributed by atoms with E-state index in [1.54, 1.807) is 15.2 Å². The molecule has 0 saturated heterocycles. The van der Waals surface area contributed by atoms with Crippen LogP contribution < -0.4 is 0 Å². The second-order valence-corrected chi connectivity index (χ2v) is 8.11. The molecule has 0 unspecified atom stereocenters. The van der Waals surface area contributed by atoms with Crippen LogP contribution in [0.1, 0.15) is 37.6 Å². The molecule has 142 valence electrons. The van der Waals surface area contributed by atoms with Gasteiger partial charge in [-0.1, -0.05) is 0 Å². The lowest BCUT2D eigenvalue weighted by molar-refractivity contribution is 0.0239. The van der Waals surface area contributed by atoms with Crippen LogP contribution in [0.15, 0.2) is 17.4 Å². The topological polar surface area (TPSA) is 65.2 Å². The van der Waals surface area contributed by atoms with Gasteiger partial charge in [0.2, 0.25) is 0 Å². The molecule has 0 fully saturated rings. The highest BCUT2D eigenvalue weighted by Gasteiger charge is 2.30. The molecule has 0 atom stereocenters. The second kappa shape index (κ2) is 6.90. The van der Waals surface area contributed by atoms with Crippen LogP contribution in [0.3, 0.4) is 0 Å². The average molecular weight is 385 g/mol. The lowest BCUT2D eigenvalue weighted by Gasteiger charge is -2.24. The molecule has 0 aromatic carbocycles. The van der Waals surface area contributed by atoms with Crippen LogP contribution in [-0.2, 0) is 24.4 Å². The summed E-state index contributed by atoms with van der Waals surface area (Å²) in [4.78, 5) is 13.7. The van der Waals surface area contributed by atoms with Gasteiger partial charge in [-0.15, -0.1) is 0 Å². The van der Waals surface area contributed by atoms with Crippen molar-refractivity contribution in [2.75, 3.05) is 0 Å². The van der Waals surface area contributed by atoms with Crippen LogP contribution in [-0.4, -0.2) is 42.0 Å². The minimum absolute atomic E-state index is 0.365. The van der Waals surface area contributed by atoms with Gasteiger partial charge in [-0.3, -0.25) is 9.58 Å². The number of aromatic nitrogens is 4. The van der Waals surface area contributed by atoms with Crippen LogP contribution in [0, 0.1) is 6.92 Å². The highest BCUT2D eigenvalue weighted by molar-refractivity contribution is 7.97. The second-order valence-electron chi connectivity index (χ2n) is 7.16. The maximum atomic E-state index is 12.5. The monoisotopic (exact) mass is 385 g/mol. The predicted molar refractivity (Wildman–Crippen MR) is 91.9 cm³/mol. The van der Waals surface area contributed by atoms with Crippen molar-refractivity contribution in [1.82, 2.24) is 23.9 Å². The first-order chi connectivity index (χ1) is 12.1. The standard InChI is InChI=1S/C16H21F2N5O2S/c1-10-5-22(9-13(17)18)20-14(10)26-23-7-11-6-21(8-12(11)19-23)15(24)25-16(2,3)4/h5,7,13H,6,8-9H2,1-4H3. The molecule has 1 aliphatic heterocycles. The number of halogens is 2. The molecule has 0 bridgehead atoms. The third kappa shape index (κ3) is 4.35. The smallest absolute Gasteiger partial charge is 0.410 e. The van der Waals surface area contributed by atoms with Gasteiger partial charge in [0.25, 0.3) is 6.43 Å². The number of fused-ring (bicyclic) bond motifs is 1. The Morgan fingerprint density at radius 2 is 2.04 bits per heavy atom. The maximum Gasteiger partial charge on any atom is 0.410 e. The van der Waals surface area contributed by atoms with Crippen LogP contribution >= 0.6 is 11.9 Å². The predicted octanol–water partition coefficient (Wildman–Crippen LogP) is 3.46. The Balaban J connectivity index is 1.64. The molecule has 0 N–H and O–H groups in total. The number of hydrogen-bond donors (Lipinski definition) is 0. The first kappa shape index (κ1) is 18.7. The molecule has 0 aliphatic carbocycles. The van der Waals surface area contributed by atoms with Crippen molar-refractivity contribution in [1.29, 1.82) is 0 Å². The number of aryl methyl sites for hydroxylation is 1. The number of alkyl halides is 2. The molecule has 3 rings (SSSR count). The summed E-state index contributed by atoms with van der Waals surface area (Å²) >= 11 is 1.26. The molecular weight excluding hydrogens is 364 g/mol. The maximum absolute atomic E-state index is 12.5. The quantitative estimate of drug-likeness (QED) is 0.806. The Hall–Kier alpha value is -2.10. The number of carbonyl (C=O) groups is 1. The van der Waals surface area contributed by atoms with Gasteiger partial charge in [0, 0.05) is 35.5 Å². The Labute approximate surface area is 154 Å². The summed E-state index contributed by atoms with van der Waals surface area (Å²) in [6.07, 6.45) is 0.613. The average Bonchev–Trinajstić information content (AvgIpc) is 3.10. The minimum atomic E-state index is -2.44. The van der Waals surface area contributed by atoms with E-state index < -0.39 is 18.6 Å². The van der Waals surface area contributed by atoms with E-state index >= 15 is 0 Å². The van der Waals surface area contributed by atoms with Gasteiger partial charge in [0.05, 0.1) is 18.8 Å². The van der Waals surface area contributed by atoms with E-state index in [2.05, 4.69) is 10.2 Å². The van der Waals surface area contributed by atoms with E-state index in [0.29, 0.717) is 18.1 Å². The molecule has 26 heavy (non-hydrogen) atoms. The molecule has 0 saturated carbocycles. The third-order valence-electron chi connectivity index (χ3n) is 3.61. The number of hydrogen-bond acceptors (Lipinski definition) is 5. The molecule has 2 aromatic rings. The van der Waals surface area contributed by atoms with Crippen molar-refractivity contribution >= 4 is 18.0 Å². The van der Waals surface area contributed by atoms with Crippen molar-refractivity contribution in [2.45, 2.75) is 64.4 Å². The van der Waals surface area contributed by atoms with E-state index in [-0.39, 0.29) is 6.09 Å². The van der Waals surface area contributed by atoms with Crippen molar-refractivity contribution in [2.24, 2.45) is 0 Å². The Kier molecular flexibility index (Phi) is 4.96. The van der Waals surface area contributed by atoms with Gasteiger partial charge in [-0.05, 0) is 27.7 Å². The zero-order valence-corrected chi connectivity index (χ0v) is 15.9. The van der Waals surface area contributed by atoms with Crippen LogP contribution in [0.5, 0.6) is 0 Å². The summed E-state index contributed by atoms with van der Waals surface area (Å²) in [5, 5.41) is 9.25. The normalized spacial score (nSPS) is 14.2. The minimum Gasteiger partial charge on any atom is -0.444 e. The molecule has 0 radical (unpaired) electrons. The van der Waals surface area contributed by atoms with Gasteiger partial charge in [-0.25, -0.2) is 17.7 Å². The molecule has 10 heteroatoms. The number of nitrogens with zero attached hydrogens (tertiary/aromatic N) is 5. The summed E-state index contributed by atoms with van der Waals surface area (Å²) in [5.41, 5.74) is 2.00. The molecule has 1 amide bonds. The zero-order chi connectivity index (χ0) is 19.1. The highest BCUT2D eigenvalue weighted by atomic mass is 32.2. The fourth-order valence-corrected chi connectivity index (χ4v) is 3.38. The molecule has 1 aliphatic rings. The van der Waals surface area contributed by atoms with E-state index in [4.69, 9.17) is 4.74 Å². The largest absolute Gasteiger partial charge is 0.444 e. The number of carbonyl (C=O) groups excluding carboxylic acids is 1. The van der Waals surface area contributed by atoms with E-state index in [9.17, 15) is 13.6 Å². The van der Waals surface area contributed by atoms with Crippen LogP contribution in [0.2, 0.25) is 0 Å². The van der Waals surface area contributed by atoms with Crippen molar-refractivity contribution in [3.63, 3.8) is 0 Å². The van der Waals surface area contributed by atoms with E-state index in [0.717, 1.165) is 16.8 Å². The van der Waals surface area contributed by atoms with E-state index in [1.165, 1.54) is 16.6 Å².